The van der Waals surface area contributed by atoms with Crippen LogP contribution in [-0.4, -0.2) is 49.0 Å². The zero-order valence-electron chi connectivity index (χ0n) is 23.5. The zero-order valence-corrected chi connectivity index (χ0v) is 24.2. The Morgan fingerprint density at radius 3 is 2.45 bits per heavy atom. The highest BCUT2D eigenvalue weighted by Crippen LogP contribution is 2.36. The van der Waals surface area contributed by atoms with Crippen LogP contribution in [0.2, 0.25) is 5.02 Å². The second kappa shape index (κ2) is 12.5. The van der Waals surface area contributed by atoms with Crippen LogP contribution in [0.5, 0.6) is 11.5 Å². The number of anilines is 2. The third-order valence-electron chi connectivity index (χ3n) is 6.58. The van der Waals surface area contributed by atoms with Gasteiger partial charge in [0, 0.05) is 35.0 Å². The summed E-state index contributed by atoms with van der Waals surface area (Å²) in [6, 6.07) is 15.0. The van der Waals surface area contributed by atoms with Crippen molar-refractivity contribution >= 4 is 34.6 Å². The summed E-state index contributed by atoms with van der Waals surface area (Å²) in [5.74, 6) is -0.313. The highest BCUT2D eigenvalue weighted by molar-refractivity contribution is 6.30. The van der Waals surface area contributed by atoms with Gasteiger partial charge in [0.05, 0.1) is 25.1 Å². The molecule has 42 heavy (non-hydrogen) atoms. The van der Waals surface area contributed by atoms with Gasteiger partial charge in [0.25, 0.3) is 5.91 Å². The Hall–Kier alpha value is -3.96. The number of aliphatic hydroxyl groups excluding tert-OH is 1. The summed E-state index contributed by atoms with van der Waals surface area (Å²) in [4.78, 5) is 21.0. The summed E-state index contributed by atoms with van der Waals surface area (Å²) < 4.78 is 48.2. The molecule has 1 unspecified atom stereocenters. The van der Waals surface area contributed by atoms with Crippen LogP contribution in [-0.2, 0) is 16.1 Å². The third kappa shape index (κ3) is 7.65. The van der Waals surface area contributed by atoms with Gasteiger partial charge in [0.2, 0.25) is 0 Å². The molecule has 0 aliphatic carbocycles. The number of hydrogen-bond donors (Lipinski definition) is 2. The van der Waals surface area contributed by atoms with E-state index in [-0.39, 0.29) is 19.1 Å². The van der Waals surface area contributed by atoms with E-state index < -0.39 is 23.8 Å². The lowest BCUT2D eigenvalue weighted by Crippen LogP contribution is -2.37. The minimum Gasteiger partial charge on any atom is -0.497 e. The number of aliphatic hydroxyl groups is 1. The Kier molecular flexibility index (Phi) is 9.22. The van der Waals surface area contributed by atoms with Crippen molar-refractivity contribution in [2.45, 2.75) is 45.2 Å². The minimum absolute atomic E-state index is 0.233. The van der Waals surface area contributed by atoms with Gasteiger partial charge in [0.1, 0.15) is 17.5 Å². The van der Waals surface area contributed by atoms with E-state index in [2.05, 4.69) is 15.2 Å². The lowest BCUT2D eigenvalue weighted by molar-refractivity contribution is -0.274. The molecule has 2 N–H and O–H groups in total. The van der Waals surface area contributed by atoms with Crippen LogP contribution in [0.25, 0.3) is 0 Å². The smallest absolute Gasteiger partial charge is 0.497 e. The number of methoxy groups -OCH3 is 1. The Morgan fingerprint density at radius 2 is 1.81 bits per heavy atom. The average Bonchev–Trinajstić information content (AvgIpc) is 3.37. The van der Waals surface area contributed by atoms with E-state index in [0.717, 1.165) is 5.56 Å². The quantitative estimate of drug-likeness (QED) is 0.202. The molecule has 0 spiro atoms. The number of fused-ring (bicyclic) bond motifs is 1. The van der Waals surface area contributed by atoms with Gasteiger partial charge in [-0.25, -0.2) is 0 Å². The van der Waals surface area contributed by atoms with Crippen LogP contribution in [0.15, 0.2) is 65.8 Å². The van der Waals surface area contributed by atoms with Crippen molar-refractivity contribution in [3.63, 3.8) is 0 Å². The second-order valence-corrected chi connectivity index (χ2v) is 10.8. The van der Waals surface area contributed by atoms with Crippen molar-refractivity contribution in [3.8, 4) is 11.5 Å². The lowest BCUT2D eigenvalue weighted by Gasteiger charge is -2.27. The number of nitrogens with one attached hydrogen (secondary N) is 1. The van der Waals surface area contributed by atoms with Crippen LogP contribution in [0.1, 0.15) is 43.5 Å². The first-order chi connectivity index (χ1) is 19.8. The Bertz CT molecular complexity index is 1460. The van der Waals surface area contributed by atoms with E-state index in [1.165, 1.54) is 30.2 Å². The largest absolute Gasteiger partial charge is 0.573 e. The van der Waals surface area contributed by atoms with Gasteiger partial charge >= 0.3 is 6.36 Å². The third-order valence-corrected chi connectivity index (χ3v) is 6.84. The number of alkyl halides is 3. The molecule has 1 aliphatic heterocycles. The molecule has 8 nitrogen and oxygen atoms in total. The van der Waals surface area contributed by atoms with Crippen LogP contribution in [0.3, 0.4) is 0 Å². The van der Waals surface area contributed by atoms with Crippen LogP contribution < -0.4 is 19.7 Å². The molecule has 224 valence electrons. The number of halogens is 4. The number of hydrogen-bond acceptors (Lipinski definition) is 7. The van der Waals surface area contributed by atoms with E-state index in [1.807, 2.05) is 0 Å². The molecule has 0 bridgehead atoms. The van der Waals surface area contributed by atoms with E-state index in [0.29, 0.717) is 45.4 Å². The molecule has 1 aliphatic rings. The predicted octanol–water partition coefficient (Wildman–Crippen LogP) is 6.50. The molecule has 0 saturated heterocycles. The van der Waals surface area contributed by atoms with Crippen molar-refractivity contribution in [1.82, 2.24) is 0 Å². The zero-order chi connectivity index (χ0) is 30.7. The molecule has 1 atom stereocenters. The van der Waals surface area contributed by atoms with Crippen molar-refractivity contribution in [2.24, 2.45) is 5.16 Å². The van der Waals surface area contributed by atoms with Gasteiger partial charge in [-0.05, 0) is 68.7 Å². The summed E-state index contributed by atoms with van der Waals surface area (Å²) in [5, 5.41) is 17.4. The van der Waals surface area contributed by atoms with Gasteiger partial charge in [-0.1, -0.05) is 35.0 Å². The van der Waals surface area contributed by atoms with E-state index in [9.17, 15) is 23.1 Å². The topological polar surface area (TPSA) is 92.6 Å². The SMILES string of the molecule is COc1cc(NC(C(=O)N2CCc3ccc(OC(F)(F)F)cc32)c2ccc(Cl)cc2)cc(/C(C)=N/OC(C)(C)CO)c1. The standard InChI is InChI=1S/C30H31ClF3N3O5/c1-18(36-42-29(2,3)17-38)21-13-23(15-25(14-21)40-4)35-27(20-5-8-22(31)9-6-20)28(39)37-12-11-19-7-10-24(16-26(19)37)41-30(32,33)34/h5-10,13-16,27,35,38H,11-12,17H2,1-4H3/b36-18+. The highest BCUT2D eigenvalue weighted by Gasteiger charge is 2.34. The molecular formula is C30H31ClF3N3O5. The number of oxime groups is 1. The maximum absolute atomic E-state index is 14.1. The number of rotatable bonds is 10. The molecule has 1 amide bonds. The van der Waals surface area contributed by atoms with Crippen LogP contribution in [0.4, 0.5) is 24.5 Å². The summed E-state index contributed by atoms with van der Waals surface area (Å²) in [6.45, 7) is 5.17. The highest BCUT2D eigenvalue weighted by atomic mass is 35.5. The summed E-state index contributed by atoms with van der Waals surface area (Å²) in [5.41, 5.74) is 2.43. The molecule has 1 heterocycles. The normalized spacial score (nSPS) is 14.3. The fourth-order valence-electron chi connectivity index (χ4n) is 4.33. The summed E-state index contributed by atoms with van der Waals surface area (Å²) in [7, 11) is 1.50. The molecule has 3 aromatic carbocycles. The van der Waals surface area contributed by atoms with Gasteiger partial charge in [-0.15, -0.1) is 13.2 Å². The number of carbonyl (C=O) groups is 1. The van der Waals surface area contributed by atoms with Gasteiger partial charge in [-0.3, -0.25) is 4.79 Å². The van der Waals surface area contributed by atoms with Crippen LogP contribution in [0, 0.1) is 0 Å². The first-order valence-corrected chi connectivity index (χ1v) is 13.4. The second-order valence-electron chi connectivity index (χ2n) is 10.3. The molecule has 0 aromatic heterocycles. The predicted molar refractivity (Wildman–Crippen MR) is 154 cm³/mol. The summed E-state index contributed by atoms with van der Waals surface area (Å²) in [6.07, 6.45) is -4.39. The monoisotopic (exact) mass is 605 g/mol. The van der Waals surface area contributed by atoms with Crippen LogP contribution >= 0.6 is 11.6 Å². The minimum atomic E-state index is -4.86. The number of benzene rings is 3. The van der Waals surface area contributed by atoms with E-state index in [1.54, 1.807) is 63.2 Å². The van der Waals surface area contributed by atoms with Crippen molar-refractivity contribution < 1.29 is 37.4 Å². The Balaban J connectivity index is 1.70. The van der Waals surface area contributed by atoms with Crippen molar-refractivity contribution in [1.29, 1.82) is 0 Å². The van der Waals surface area contributed by atoms with Crippen molar-refractivity contribution in [2.75, 3.05) is 30.5 Å². The van der Waals surface area contributed by atoms with E-state index >= 15 is 0 Å². The molecule has 4 rings (SSSR count). The molecule has 0 fully saturated rings. The Labute approximate surface area is 246 Å². The number of nitrogens with zero attached hydrogens (tertiary/aromatic N) is 2. The molecule has 0 saturated carbocycles. The Morgan fingerprint density at radius 1 is 1.10 bits per heavy atom. The van der Waals surface area contributed by atoms with Gasteiger partial charge in [0.15, 0.2) is 5.60 Å². The van der Waals surface area contributed by atoms with Gasteiger partial charge in [-0.2, -0.15) is 0 Å². The van der Waals surface area contributed by atoms with Crippen molar-refractivity contribution in [3.05, 3.63) is 82.4 Å². The first kappa shape index (κ1) is 31.0. The maximum Gasteiger partial charge on any atom is 0.573 e. The number of carbonyl (C=O) groups excluding carboxylic acids is 1. The fraction of sp³-hybridized carbons (Fsp3) is 0.333. The molecule has 0 radical (unpaired) electrons. The number of amides is 1. The number of ether oxygens (including phenoxy) is 2. The summed E-state index contributed by atoms with van der Waals surface area (Å²) >= 11 is 6.11. The van der Waals surface area contributed by atoms with E-state index in [4.69, 9.17) is 21.2 Å². The molecule has 3 aromatic rings. The fourth-order valence-corrected chi connectivity index (χ4v) is 4.46. The van der Waals surface area contributed by atoms with Gasteiger partial charge < -0.3 is 29.6 Å². The molecular weight excluding hydrogens is 575 g/mol. The average molecular weight is 606 g/mol. The first-order valence-electron chi connectivity index (χ1n) is 13.0. The lowest BCUT2D eigenvalue weighted by atomic mass is 10.0. The molecule has 12 heteroatoms. The maximum atomic E-state index is 14.1.